The third-order valence-electron chi connectivity index (χ3n) is 2.71. The second-order valence-electron chi connectivity index (χ2n) is 4.02. The van der Waals surface area contributed by atoms with E-state index in [1.54, 1.807) is 6.92 Å². The summed E-state index contributed by atoms with van der Waals surface area (Å²) in [4.78, 5) is 7.87. The van der Waals surface area contributed by atoms with Crippen LogP contribution in [0.25, 0.3) is 0 Å². The van der Waals surface area contributed by atoms with Crippen LogP contribution in [-0.4, -0.2) is 36.7 Å². The molecule has 1 aromatic heterocycles. The first kappa shape index (κ1) is 14.3. The monoisotopic (exact) mass is 277 g/mol. The summed E-state index contributed by atoms with van der Waals surface area (Å²) in [6, 6.07) is 0.0615. The summed E-state index contributed by atoms with van der Waals surface area (Å²) in [5.74, 6) is 0.118. The summed E-state index contributed by atoms with van der Waals surface area (Å²) in [5.41, 5.74) is 0.473. The fraction of sp³-hybridized carbons (Fsp3) is 0.600. The molecule has 0 spiro atoms. The largest absolute Gasteiger partial charge is 0.313 e. The van der Waals surface area contributed by atoms with Gasteiger partial charge >= 0.3 is 0 Å². The Hall–Kier alpha value is -0.720. The van der Waals surface area contributed by atoms with E-state index in [2.05, 4.69) is 15.3 Å². The first-order valence-corrected chi connectivity index (χ1v) is 6.98. The Morgan fingerprint density at radius 2 is 2.12 bits per heavy atom. The molecular formula is C10H16ClN3O2S. The number of sulfone groups is 1. The molecule has 0 aromatic carbocycles. The number of halogens is 1. The number of nitrogens with zero attached hydrogens (tertiary/aromatic N) is 2. The molecule has 0 saturated carbocycles. The number of aromatic nitrogens is 2. The molecule has 1 aliphatic heterocycles. The van der Waals surface area contributed by atoms with E-state index in [0.29, 0.717) is 5.69 Å². The molecule has 1 aliphatic rings. The Kier molecular flexibility index (Phi) is 4.85. The zero-order chi connectivity index (χ0) is 11.6. The maximum atomic E-state index is 12.1. The number of hydrogen-bond acceptors (Lipinski definition) is 5. The van der Waals surface area contributed by atoms with Crippen molar-refractivity contribution in [2.45, 2.75) is 30.8 Å². The standard InChI is InChI=1S/C10H15N3O2S.ClH/c1-8-10(13-6-5-11-8)16(14,15)7-9-3-2-4-12-9;/h5-6,9,12H,2-4,7H2,1H3;1H. The van der Waals surface area contributed by atoms with Gasteiger partial charge in [-0.15, -0.1) is 12.4 Å². The lowest BCUT2D eigenvalue weighted by molar-refractivity contribution is 0.572. The Bertz CT molecular complexity index is 472. The molecule has 1 saturated heterocycles. The number of nitrogens with one attached hydrogen (secondary N) is 1. The number of aryl methyl sites for hydroxylation is 1. The van der Waals surface area contributed by atoms with Crippen LogP contribution in [0.15, 0.2) is 17.4 Å². The molecule has 7 heteroatoms. The predicted octanol–water partition coefficient (Wildman–Crippen LogP) is 0.733. The SMILES string of the molecule is Cc1nccnc1S(=O)(=O)CC1CCCN1.Cl. The summed E-state index contributed by atoms with van der Waals surface area (Å²) >= 11 is 0. The van der Waals surface area contributed by atoms with Crippen LogP contribution < -0.4 is 5.32 Å². The second kappa shape index (κ2) is 5.75. The Labute approximate surface area is 107 Å². The summed E-state index contributed by atoms with van der Waals surface area (Å²) < 4.78 is 24.1. The zero-order valence-corrected chi connectivity index (χ0v) is 11.2. The van der Waals surface area contributed by atoms with E-state index in [-0.39, 0.29) is 29.2 Å². The lowest BCUT2D eigenvalue weighted by Crippen LogP contribution is -2.30. The highest BCUT2D eigenvalue weighted by atomic mass is 35.5. The summed E-state index contributed by atoms with van der Waals surface area (Å²) in [7, 11) is -3.31. The first-order valence-electron chi connectivity index (χ1n) is 5.33. The van der Waals surface area contributed by atoms with Crippen LogP contribution >= 0.6 is 12.4 Å². The molecule has 1 N–H and O–H groups in total. The average molecular weight is 278 g/mol. The normalized spacial score (nSPS) is 19.9. The molecule has 0 aliphatic carbocycles. The smallest absolute Gasteiger partial charge is 0.198 e. The van der Waals surface area contributed by atoms with Crippen molar-refractivity contribution in [1.82, 2.24) is 15.3 Å². The van der Waals surface area contributed by atoms with Crippen LogP contribution in [-0.2, 0) is 9.84 Å². The van der Waals surface area contributed by atoms with Crippen molar-refractivity contribution in [3.05, 3.63) is 18.1 Å². The Morgan fingerprint density at radius 3 is 2.71 bits per heavy atom. The van der Waals surface area contributed by atoms with E-state index in [4.69, 9.17) is 0 Å². The highest BCUT2D eigenvalue weighted by Crippen LogP contribution is 2.15. The van der Waals surface area contributed by atoms with Crippen molar-refractivity contribution in [2.24, 2.45) is 0 Å². The van der Waals surface area contributed by atoms with Gasteiger partial charge in [0.2, 0.25) is 0 Å². The summed E-state index contributed by atoms with van der Waals surface area (Å²) in [5, 5.41) is 3.29. The van der Waals surface area contributed by atoms with Gasteiger partial charge in [-0.05, 0) is 26.3 Å². The van der Waals surface area contributed by atoms with E-state index >= 15 is 0 Å². The van der Waals surface area contributed by atoms with Gasteiger partial charge in [0.1, 0.15) is 0 Å². The van der Waals surface area contributed by atoms with Gasteiger partial charge in [-0.25, -0.2) is 13.4 Å². The predicted molar refractivity (Wildman–Crippen MR) is 67.1 cm³/mol. The van der Waals surface area contributed by atoms with E-state index in [1.165, 1.54) is 12.4 Å². The Morgan fingerprint density at radius 1 is 1.41 bits per heavy atom. The molecule has 1 fully saturated rings. The molecule has 0 bridgehead atoms. The molecular weight excluding hydrogens is 262 g/mol. The highest BCUT2D eigenvalue weighted by Gasteiger charge is 2.26. The minimum atomic E-state index is -3.31. The lowest BCUT2D eigenvalue weighted by Gasteiger charge is -2.11. The van der Waals surface area contributed by atoms with E-state index in [0.717, 1.165) is 19.4 Å². The molecule has 96 valence electrons. The van der Waals surface area contributed by atoms with Crippen LogP contribution in [0, 0.1) is 6.92 Å². The van der Waals surface area contributed by atoms with E-state index < -0.39 is 9.84 Å². The third-order valence-corrected chi connectivity index (χ3v) is 4.54. The third kappa shape index (κ3) is 3.37. The maximum absolute atomic E-state index is 12.1. The van der Waals surface area contributed by atoms with Gasteiger partial charge in [-0.1, -0.05) is 0 Å². The molecule has 5 nitrogen and oxygen atoms in total. The van der Waals surface area contributed by atoms with Crippen LogP contribution in [0.5, 0.6) is 0 Å². The van der Waals surface area contributed by atoms with Crippen LogP contribution in [0.3, 0.4) is 0 Å². The fourth-order valence-electron chi connectivity index (χ4n) is 1.94. The van der Waals surface area contributed by atoms with Gasteiger partial charge in [0.05, 0.1) is 11.4 Å². The zero-order valence-electron chi connectivity index (χ0n) is 9.59. The summed E-state index contributed by atoms with van der Waals surface area (Å²) in [6.07, 6.45) is 4.88. The molecule has 0 amide bonds. The minimum absolute atomic E-state index is 0. The molecule has 0 radical (unpaired) electrons. The molecule has 17 heavy (non-hydrogen) atoms. The molecule has 1 aromatic rings. The molecule has 2 heterocycles. The van der Waals surface area contributed by atoms with Gasteiger partial charge < -0.3 is 5.32 Å². The van der Waals surface area contributed by atoms with Gasteiger partial charge in [-0.3, -0.25) is 4.98 Å². The quantitative estimate of drug-likeness (QED) is 0.882. The van der Waals surface area contributed by atoms with Crippen LogP contribution in [0.4, 0.5) is 0 Å². The highest BCUT2D eigenvalue weighted by molar-refractivity contribution is 7.91. The fourth-order valence-corrected chi connectivity index (χ4v) is 3.64. The molecule has 2 rings (SSSR count). The number of rotatable bonds is 3. The van der Waals surface area contributed by atoms with Gasteiger partial charge in [0, 0.05) is 18.4 Å². The maximum Gasteiger partial charge on any atom is 0.198 e. The average Bonchev–Trinajstić information content (AvgIpc) is 2.70. The van der Waals surface area contributed by atoms with Gasteiger partial charge in [0.25, 0.3) is 0 Å². The van der Waals surface area contributed by atoms with E-state index in [9.17, 15) is 8.42 Å². The lowest BCUT2D eigenvalue weighted by atomic mass is 10.3. The Balaban J connectivity index is 0.00000144. The summed E-state index contributed by atoms with van der Waals surface area (Å²) in [6.45, 7) is 2.57. The van der Waals surface area contributed by atoms with Crippen molar-refractivity contribution in [2.75, 3.05) is 12.3 Å². The molecule has 1 unspecified atom stereocenters. The molecule has 1 atom stereocenters. The van der Waals surface area contributed by atoms with Crippen LogP contribution in [0.1, 0.15) is 18.5 Å². The first-order chi connectivity index (χ1) is 7.59. The van der Waals surface area contributed by atoms with Gasteiger partial charge in [-0.2, -0.15) is 0 Å². The second-order valence-corrected chi connectivity index (χ2v) is 5.97. The van der Waals surface area contributed by atoms with Gasteiger partial charge in [0.15, 0.2) is 14.9 Å². The van der Waals surface area contributed by atoms with Crippen molar-refractivity contribution in [1.29, 1.82) is 0 Å². The van der Waals surface area contributed by atoms with Crippen LogP contribution in [0.2, 0.25) is 0 Å². The van der Waals surface area contributed by atoms with Crippen molar-refractivity contribution < 1.29 is 8.42 Å². The van der Waals surface area contributed by atoms with Crippen molar-refractivity contribution in [3.63, 3.8) is 0 Å². The topological polar surface area (TPSA) is 72.0 Å². The van der Waals surface area contributed by atoms with E-state index in [1.807, 2.05) is 0 Å². The number of hydrogen-bond donors (Lipinski definition) is 1. The minimum Gasteiger partial charge on any atom is -0.313 e. The van der Waals surface area contributed by atoms with Crippen molar-refractivity contribution in [3.8, 4) is 0 Å². The van der Waals surface area contributed by atoms with Crippen molar-refractivity contribution >= 4 is 22.2 Å².